The Hall–Kier alpha value is -4.77. The Bertz CT molecular complexity index is 1740. The highest BCUT2D eigenvalue weighted by Crippen LogP contribution is 2.34. The second kappa shape index (κ2) is 12.6. The number of piperazine rings is 1. The third-order valence-corrected chi connectivity index (χ3v) is 7.94. The normalized spacial score (nSPS) is 14.5. The molecule has 0 saturated carbocycles. The molecule has 0 unspecified atom stereocenters. The molecule has 0 radical (unpaired) electrons. The molecule has 1 aliphatic rings. The molecule has 43 heavy (non-hydrogen) atoms. The molecule has 0 spiro atoms. The number of nitrogens with zero attached hydrogens (tertiary/aromatic N) is 3. The van der Waals surface area contributed by atoms with Gasteiger partial charge in [0.05, 0.1) is 45.7 Å². The van der Waals surface area contributed by atoms with Crippen LogP contribution in [-0.2, 0) is 23.1 Å². The maximum atomic E-state index is 13.6. The number of aromatic hydroxyl groups is 1. The van der Waals surface area contributed by atoms with Gasteiger partial charge in [-0.3, -0.25) is 19.3 Å². The van der Waals surface area contributed by atoms with Crippen molar-refractivity contribution in [2.75, 3.05) is 52.4 Å². The van der Waals surface area contributed by atoms with Gasteiger partial charge in [0.25, 0.3) is 5.56 Å². The van der Waals surface area contributed by atoms with E-state index in [2.05, 4.69) is 9.80 Å². The van der Waals surface area contributed by atoms with Crippen molar-refractivity contribution in [3.63, 3.8) is 0 Å². The summed E-state index contributed by atoms with van der Waals surface area (Å²) < 4.78 is 23.0. The number of ether oxygens (including phenoxy) is 3. The zero-order chi connectivity index (χ0) is 30.7. The van der Waals surface area contributed by atoms with Crippen molar-refractivity contribution >= 4 is 22.6 Å². The van der Waals surface area contributed by atoms with Gasteiger partial charge in [0, 0.05) is 56.6 Å². The van der Waals surface area contributed by atoms with Crippen LogP contribution in [0.25, 0.3) is 10.9 Å². The van der Waals surface area contributed by atoms with Crippen molar-refractivity contribution in [1.29, 1.82) is 0 Å². The summed E-state index contributed by atoms with van der Waals surface area (Å²) in [6.45, 7) is 3.28. The quantitative estimate of drug-likeness (QED) is 0.291. The molecule has 0 bridgehead atoms. The number of aromatic nitrogens is 1. The molecule has 5 rings (SSSR count). The van der Waals surface area contributed by atoms with Gasteiger partial charge in [-0.2, -0.15) is 0 Å². The number of methoxy groups -OCH3 is 3. The van der Waals surface area contributed by atoms with Crippen LogP contribution < -0.4 is 25.4 Å². The lowest BCUT2D eigenvalue weighted by molar-refractivity contribution is -0.140. The number of aryl methyl sites for hydroxylation is 1. The number of hydrogen-bond acceptors (Lipinski definition) is 10. The Labute approximate surface area is 248 Å². The summed E-state index contributed by atoms with van der Waals surface area (Å²) in [7, 11) is 6.03. The lowest BCUT2D eigenvalue weighted by Crippen LogP contribution is -2.46. The molecule has 11 nitrogen and oxygen atoms in total. The largest absolute Gasteiger partial charge is 0.502 e. The topological polar surface area (TPSA) is 124 Å². The third-order valence-electron chi connectivity index (χ3n) is 7.94. The highest BCUT2D eigenvalue weighted by molar-refractivity contribution is 5.82. The molecule has 226 valence electrons. The monoisotopic (exact) mass is 589 g/mol. The molecular weight excluding hydrogens is 554 g/mol. The van der Waals surface area contributed by atoms with E-state index in [1.165, 1.54) is 17.7 Å². The molecule has 2 aromatic carbocycles. The molecule has 1 fully saturated rings. The average Bonchev–Trinajstić information content (AvgIpc) is 3.03. The van der Waals surface area contributed by atoms with Gasteiger partial charge in [0.1, 0.15) is 17.3 Å². The van der Waals surface area contributed by atoms with Crippen LogP contribution in [0, 0.1) is 0 Å². The minimum absolute atomic E-state index is 0.144. The van der Waals surface area contributed by atoms with Crippen LogP contribution in [0.4, 0.5) is 5.69 Å². The fourth-order valence-electron chi connectivity index (χ4n) is 5.49. The Morgan fingerprint density at radius 2 is 1.60 bits per heavy atom. The smallest absolute Gasteiger partial charge is 0.306 e. The first-order valence-corrected chi connectivity index (χ1v) is 13.9. The van der Waals surface area contributed by atoms with E-state index < -0.39 is 28.6 Å². The number of hydrogen-bond donors (Lipinski definition) is 1. The summed E-state index contributed by atoms with van der Waals surface area (Å²) >= 11 is 0. The SMILES string of the molecule is COC(=O)C[C@@H](c1oc(CN2CCN(c3ccc(OC)cc3)CC2)cc(=O)c1O)c1cc2ccc(OC)cc2n(C)c1=O. The molecule has 1 atom stereocenters. The van der Waals surface area contributed by atoms with Gasteiger partial charge in [-0.15, -0.1) is 0 Å². The van der Waals surface area contributed by atoms with Gasteiger partial charge in [0.2, 0.25) is 11.2 Å². The molecule has 4 aromatic rings. The average molecular weight is 590 g/mol. The van der Waals surface area contributed by atoms with Crippen LogP contribution in [0.15, 0.2) is 68.6 Å². The number of rotatable bonds is 9. The van der Waals surface area contributed by atoms with E-state index in [4.69, 9.17) is 18.6 Å². The first kappa shape index (κ1) is 29.7. The summed E-state index contributed by atoms with van der Waals surface area (Å²) in [6, 6.07) is 16.1. The molecule has 3 heterocycles. The maximum Gasteiger partial charge on any atom is 0.306 e. The van der Waals surface area contributed by atoms with E-state index in [1.807, 2.05) is 24.3 Å². The third kappa shape index (κ3) is 6.21. The van der Waals surface area contributed by atoms with E-state index in [-0.39, 0.29) is 17.7 Å². The van der Waals surface area contributed by atoms with Gasteiger partial charge >= 0.3 is 5.97 Å². The van der Waals surface area contributed by atoms with E-state index in [0.29, 0.717) is 42.0 Å². The van der Waals surface area contributed by atoms with E-state index >= 15 is 0 Å². The van der Waals surface area contributed by atoms with Crippen molar-refractivity contribution in [1.82, 2.24) is 9.47 Å². The van der Waals surface area contributed by atoms with E-state index in [1.54, 1.807) is 45.5 Å². The maximum absolute atomic E-state index is 13.6. The Morgan fingerprint density at radius 1 is 0.930 bits per heavy atom. The van der Waals surface area contributed by atoms with Gasteiger partial charge < -0.3 is 33.2 Å². The standard InChI is InChI=1S/C32H35N3O8/c1-33-27-16-23(41-3)8-5-20(27)15-26(32(33)39)25(18-29(37)42-4)31-30(38)28(36)17-24(43-31)19-34-11-13-35(14-12-34)21-6-9-22(40-2)10-7-21/h5-10,15-17,25,38H,11-14,18-19H2,1-4H3/t25-/m1/s1. The fraction of sp³-hybridized carbons (Fsp3) is 0.344. The van der Waals surface area contributed by atoms with Crippen molar-refractivity contribution in [3.8, 4) is 17.2 Å². The minimum Gasteiger partial charge on any atom is -0.502 e. The van der Waals surface area contributed by atoms with Gasteiger partial charge in [0.15, 0.2) is 5.76 Å². The van der Waals surface area contributed by atoms with Gasteiger partial charge in [-0.05, 0) is 47.9 Å². The molecule has 2 aromatic heterocycles. The summed E-state index contributed by atoms with van der Waals surface area (Å²) in [5.74, 6) is -0.752. The number of pyridine rings is 1. The van der Waals surface area contributed by atoms with Crippen LogP contribution in [0.1, 0.15) is 29.4 Å². The van der Waals surface area contributed by atoms with Gasteiger partial charge in [-0.25, -0.2) is 0 Å². The number of anilines is 1. The second-order valence-corrected chi connectivity index (χ2v) is 10.5. The summed E-state index contributed by atoms with van der Waals surface area (Å²) in [5.41, 5.74) is 0.856. The molecule has 1 N–H and O–H groups in total. The zero-order valence-corrected chi connectivity index (χ0v) is 24.7. The van der Waals surface area contributed by atoms with E-state index in [9.17, 15) is 19.5 Å². The Kier molecular flexibility index (Phi) is 8.72. The lowest BCUT2D eigenvalue weighted by Gasteiger charge is -2.36. The van der Waals surface area contributed by atoms with Crippen LogP contribution in [-0.4, -0.2) is 68.1 Å². The van der Waals surface area contributed by atoms with Crippen LogP contribution in [0.3, 0.4) is 0 Å². The van der Waals surface area contributed by atoms with Crippen molar-refractivity contribution in [3.05, 3.63) is 92.3 Å². The summed E-state index contributed by atoms with van der Waals surface area (Å²) in [6.07, 6.45) is -0.312. The first-order chi connectivity index (χ1) is 20.7. The van der Waals surface area contributed by atoms with Gasteiger partial charge in [-0.1, -0.05) is 0 Å². The summed E-state index contributed by atoms with van der Waals surface area (Å²) in [4.78, 5) is 43.5. The van der Waals surface area contributed by atoms with Crippen LogP contribution >= 0.6 is 0 Å². The Morgan fingerprint density at radius 3 is 2.26 bits per heavy atom. The number of esters is 1. The molecule has 0 amide bonds. The molecular formula is C32H35N3O8. The summed E-state index contributed by atoms with van der Waals surface area (Å²) in [5, 5.41) is 11.6. The predicted molar refractivity (Wildman–Crippen MR) is 161 cm³/mol. The molecule has 1 saturated heterocycles. The number of carbonyl (C=O) groups is 1. The first-order valence-electron chi connectivity index (χ1n) is 13.9. The lowest BCUT2D eigenvalue weighted by atomic mass is 9.92. The van der Waals surface area contributed by atoms with Crippen LogP contribution in [0.5, 0.6) is 17.2 Å². The van der Waals surface area contributed by atoms with Crippen molar-refractivity contribution < 1.29 is 28.5 Å². The minimum atomic E-state index is -1.06. The van der Waals surface area contributed by atoms with Crippen LogP contribution in [0.2, 0.25) is 0 Å². The number of carbonyl (C=O) groups excluding carboxylic acids is 1. The highest BCUT2D eigenvalue weighted by Gasteiger charge is 2.30. The molecule has 11 heteroatoms. The fourth-order valence-corrected chi connectivity index (χ4v) is 5.49. The second-order valence-electron chi connectivity index (χ2n) is 10.5. The molecule has 1 aliphatic heterocycles. The van der Waals surface area contributed by atoms with E-state index in [0.717, 1.165) is 24.5 Å². The van der Waals surface area contributed by atoms with Crippen molar-refractivity contribution in [2.24, 2.45) is 7.05 Å². The predicted octanol–water partition coefficient (Wildman–Crippen LogP) is 3.23. The number of fused-ring (bicyclic) bond motifs is 1. The van der Waals surface area contributed by atoms with Crippen molar-refractivity contribution in [2.45, 2.75) is 18.9 Å². The molecule has 0 aliphatic carbocycles. The Balaban J connectivity index is 1.45. The highest BCUT2D eigenvalue weighted by atomic mass is 16.5. The number of benzene rings is 2. The zero-order valence-electron chi connectivity index (χ0n) is 24.7.